The highest BCUT2D eigenvalue weighted by molar-refractivity contribution is 7.07. The molecule has 4 heteroatoms. The average Bonchev–Trinajstić information content (AvgIpc) is 2.63. The van der Waals surface area contributed by atoms with Crippen molar-refractivity contribution >= 4 is 17.0 Å². The van der Waals surface area contributed by atoms with Crippen LogP contribution in [0.1, 0.15) is 25.6 Å². The topological polar surface area (TPSA) is 28.5 Å². The summed E-state index contributed by atoms with van der Waals surface area (Å²) in [7, 11) is 2.01. The number of aromatic nitrogens is 1. The monoisotopic (exact) mass is 195 g/mol. The Balaban J connectivity index is 2.28. The fourth-order valence-corrected chi connectivity index (χ4v) is 2.35. The predicted octanol–water partition coefficient (Wildman–Crippen LogP) is 2.14. The lowest BCUT2D eigenvalue weighted by molar-refractivity contribution is 0.253. The van der Waals surface area contributed by atoms with E-state index in [4.69, 9.17) is 0 Å². The van der Waals surface area contributed by atoms with Crippen molar-refractivity contribution < 1.29 is 0 Å². The van der Waals surface area contributed by atoms with E-state index in [0.29, 0.717) is 12.0 Å². The molecule has 0 amide bonds. The molecule has 1 aromatic heterocycles. The minimum absolute atomic E-state index is 0.339. The van der Waals surface area contributed by atoms with E-state index in [1.807, 2.05) is 17.6 Å². The van der Waals surface area contributed by atoms with Crippen LogP contribution in [-0.4, -0.2) is 22.8 Å². The van der Waals surface area contributed by atoms with Gasteiger partial charge in [0.1, 0.15) is 0 Å². The maximum atomic E-state index is 4.42. The SMILES string of the molecule is CC1=NN(C)C(c2cscn2)C1C. The van der Waals surface area contributed by atoms with Crippen molar-refractivity contribution in [1.82, 2.24) is 9.99 Å². The minimum Gasteiger partial charge on any atom is -0.290 e. The van der Waals surface area contributed by atoms with Crippen molar-refractivity contribution in [2.24, 2.45) is 11.0 Å². The summed E-state index contributed by atoms with van der Waals surface area (Å²) in [6.45, 7) is 4.28. The number of hydrazone groups is 1. The van der Waals surface area contributed by atoms with Crippen LogP contribution in [-0.2, 0) is 0 Å². The summed E-state index contributed by atoms with van der Waals surface area (Å²) in [5, 5.41) is 8.53. The van der Waals surface area contributed by atoms with Crippen LogP contribution in [0.3, 0.4) is 0 Å². The van der Waals surface area contributed by atoms with Gasteiger partial charge < -0.3 is 0 Å². The van der Waals surface area contributed by atoms with Gasteiger partial charge >= 0.3 is 0 Å². The van der Waals surface area contributed by atoms with Gasteiger partial charge in [-0.1, -0.05) is 6.92 Å². The lowest BCUT2D eigenvalue weighted by atomic mass is 9.97. The van der Waals surface area contributed by atoms with Gasteiger partial charge in [-0.15, -0.1) is 11.3 Å². The van der Waals surface area contributed by atoms with Gasteiger partial charge in [0, 0.05) is 24.1 Å². The molecule has 0 fully saturated rings. The number of hydrogen-bond donors (Lipinski definition) is 0. The van der Waals surface area contributed by atoms with Gasteiger partial charge in [0.25, 0.3) is 0 Å². The summed E-state index contributed by atoms with van der Waals surface area (Å²) in [4.78, 5) is 4.34. The Hall–Kier alpha value is -0.900. The first-order chi connectivity index (χ1) is 6.20. The van der Waals surface area contributed by atoms with Crippen LogP contribution in [0, 0.1) is 5.92 Å². The van der Waals surface area contributed by atoms with Gasteiger partial charge in [0.2, 0.25) is 0 Å². The Kier molecular flexibility index (Phi) is 2.07. The number of nitrogens with zero attached hydrogens (tertiary/aromatic N) is 3. The number of thiazole rings is 1. The van der Waals surface area contributed by atoms with Gasteiger partial charge in [0.05, 0.1) is 17.2 Å². The molecule has 0 saturated carbocycles. The van der Waals surface area contributed by atoms with E-state index >= 15 is 0 Å². The van der Waals surface area contributed by atoms with Crippen LogP contribution < -0.4 is 0 Å². The third-order valence-electron chi connectivity index (χ3n) is 2.61. The van der Waals surface area contributed by atoms with E-state index in [1.54, 1.807) is 11.3 Å². The molecule has 0 spiro atoms. The average molecular weight is 195 g/mol. The molecule has 1 aliphatic rings. The smallest absolute Gasteiger partial charge is 0.0973 e. The van der Waals surface area contributed by atoms with Gasteiger partial charge in [-0.3, -0.25) is 5.01 Å². The first-order valence-corrected chi connectivity index (χ1v) is 5.30. The van der Waals surface area contributed by atoms with Crippen molar-refractivity contribution in [3.8, 4) is 0 Å². The highest BCUT2D eigenvalue weighted by Gasteiger charge is 2.31. The summed E-state index contributed by atoms with van der Waals surface area (Å²) < 4.78 is 0. The third-order valence-corrected chi connectivity index (χ3v) is 3.21. The minimum atomic E-state index is 0.339. The van der Waals surface area contributed by atoms with Crippen molar-refractivity contribution in [1.29, 1.82) is 0 Å². The quantitative estimate of drug-likeness (QED) is 0.687. The summed E-state index contributed by atoms with van der Waals surface area (Å²) in [5.74, 6) is 0.479. The Labute approximate surface area is 82.1 Å². The van der Waals surface area contributed by atoms with Crippen molar-refractivity contribution in [2.75, 3.05) is 7.05 Å². The summed E-state index contributed by atoms with van der Waals surface area (Å²) in [6, 6.07) is 0.339. The van der Waals surface area contributed by atoms with Crippen LogP contribution in [0.4, 0.5) is 0 Å². The number of rotatable bonds is 1. The van der Waals surface area contributed by atoms with Crippen molar-refractivity contribution in [3.63, 3.8) is 0 Å². The molecule has 0 bridgehead atoms. The van der Waals surface area contributed by atoms with Crippen molar-refractivity contribution in [3.05, 3.63) is 16.6 Å². The molecule has 0 radical (unpaired) electrons. The molecule has 0 aliphatic carbocycles. The van der Waals surface area contributed by atoms with Crippen LogP contribution in [0.2, 0.25) is 0 Å². The van der Waals surface area contributed by atoms with Gasteiger partial charge in [-0.2, -0.15) is 5.10 Å². The zero-order valence-corrected chi connectivity index (χ0v) is 8.88. The molecule has 1 aromatic rings. The van der Waals surface area contributed by atoms with Crippen molar-refractivity contribution in [2.45, 2.75) is 19.9 Å². The summed E-state index contributed by atoms with van der Waals surface area (Å²) in [5.41, 5.74) is 4.21. The highest BCUT2D eigenvalue weighted by atomic mass is 32.1. The fourth-order valence-electron chi connectivity index (χ4n) is 1.77. The lowest BCUT2D eigenvalue weighted by Gasteiger charge is -2.20. The maximum Gasteiger partial charge on any atom is 0.0973 e. The first kappa shape index (κ1) is 8.69. The molecule has 13 heavy (non-hydrogen) atoms. The van der Waals surface area contributed by atoms with Crippen LogP contribution in [0.5, 0.6) is 0 Å². The Bertz CT molecular complexity index is 318. The summed E-state index contributed by atoms with van der Waals surface area (Å²) >= 11 is 1.64. The Morgan fingerprint density at radius 3 is 2.77 bits per heavy atom. The predicted molar refractivity (Wildman–Crippen MR) is 54.9 cm³/mol. The molecule has 2 rings (SSSR count). The molecular formula is C9H13N3S. The van der Waals surface area contributed by atoms with Crippen LogP contribution in [0.15, 0.2) is 16.0 Å². The molecule has 1 aliphatic heterocycles. The molecule has 0 saturated heterocycles. The van der Waals surface area contributed by atoms with Gasteiger partial charge in [-0.25, -0.2) is 4.98 Å². The van der Waals surface area contributed by atoms with E-state index in [2.05, 4.69) is 29.3 Å². The normalized spacial score (nSPS) is 27.9. The number of hydrogen-bond acceptors (Lipinski definition) is 4. The second kappa shape index (κ2) is 3.10. The fraction of sp³-hybridized carbons (Fsp3) is 0.556. The van der Waals surface area contributed by atoms with E-state index < -0.39 is 0 Å². The van der Waals surface area contributed by atoms with E-state index in [0.717, 1.165) is 5.69 Å². The zero-order valence-electron chi connectivity index (χ0n) is 8.06. The van der Waals surface area contributed by atoms with Crippen LogP contribution in [0.25, 0.3) is 0 Å². The molecular weight excluding hydrogens is 182 g/mol. The zero-order chi connectivity index (χ0) is 9.42. The molecule has 70 valence electrons. The standard InChI is InChI=1S/C9H13N3S/c1-6-7(2)11-12(3)9(6)8-4-13-5-10-8/h4-6,9H,1-3H3. The molecule has 0 aromatic carbocycles. The second-order valence-electron chi connectivity index (χ2n) is 3.46. The van der Waals surface area contributed by atoms with E-state index in [1.165, 1.54) is 5.71 Å². The molecule has 0 N–H and O–H groups in total. The highest BCUT2D eigenvalue weighted by Crippen LogP contribution is 2.33. The third kappa shape index (κ3) is 1.35. The van der Waals surface area contributed by atoms with E-state index in [-0.39, 0.29) is 0 Å². The molecule has 2 heterocycles. The molecule has 3 nitrogen and oxygen atoms in total. The maximum absolute atomic E-state index is 4.42. The van der Waals surface area contributed by atoms with E-state index in [9.17, 15) is 0 Å². The first-order valence-electron chi connectivity index (χ1n) is 4.36. The largest absolute Gasteiger partial charge is 0.290 e. The Morgan fingerprint density at radius 2 is 2.31 bits per heavy atom. The second-order valence-corrected chi connectivity index (χ2v) is 4.18. The molecule has 2 atom stereocenters. The van der Waals surface area contributed by atoms with Gasteiger partial charge in [0.15, 0.2) is 0 Å². The van der Waals surface area contributed by atoms with Crippen LogP contribution >= 0.6 is 11.3 Å². The van der Waals surface area contributed by atoms with Gasteiger partial charge in [-0.05, 0) is 6.92 Å². The summed E-state index contributed by atoms with van der Waals surface area (Å²) in [6.07, 6.45) is 0. The Morgan fingerprint density at radius 1 is 1.54 bits per heavy atom. The molecule has 2 unspecified atom stereocenters. The lowest BCUT2D eigenvalue weighted by Crippen LogP contribution is -2.20.